The smallest absolute Gasteiger partial charge is 0.142 e. The number of methoxy groups -OCH3 is 1. The minimum atomic E-state index is 0.239. The lowest BCUT2D eigenvalue weighted by Gasteiger charge is -2.38. The van der Waals surface area contributed by atoms with Crippen LogP contribution in [0.2, 0.25) is 5.02 Å². The van der Waals surface area contributed by atoms with Crippen LogP contribution in [0.3, 0.4) is 0 Å². The molecule has 0 fully saturated rings. The SMILES string of the molecule is COc1ccc(Cl)c2c1N[C@@H](c1ccncc1)[C@H]1CC=C[C@H]21. The second kappa shape index (κ2) is 5.33. The van der Waals surface area contributed by atoms with Gasteiger partial charge in [0.05, 0.1) is 18.8 Å². The number of pyridine rings is 1. The van der Waals surface area contributed by atoms with Crippen molar-refractivity contribution in [1.29, 1.82) is 0 Å². The van der Waals surface area contributed by atoms with Gasteiger partial charge in [-0.1, -0.05) is 23.8 Å². The van der Waals surface area contributed by atoms with E-state index in [-0.39, 0.29) is 6.04 Å². The van der Waals surface area contributed by atoms with Gasteiger partial charge in [-0.05, 0) is 42.2 Å². The number of hydrogen-bond donors (Lipinski definition) is 1. The van der Waals surface area contributed by atoms with E-state index < -0.39 is 0 Å². The van der Waals surface area contributed by atoms with Crippen LogP contribution in [0.4, 0.5) is 5.69 Å². The maximum absolute atomic E-state index is 6.49. The Morgan fingerprint density at radius 3 is 2.82 bits per heavy atom. The van der Waals surface area contributed by atoms with Crippen LogP contribution >= 0.6 is 11.6 Å². The number of allylic oxidation sites excluding steroid dienone is 2. The number of nitrogens with zero attached hydrogens (tertiary/aromatic N) is 1. The first-order valence-corrected chi connectivity index (χ1v) is 7.87. The molecule has 4 rings (SSSR count). The summed E-state index contributed by atoms with van der Waals surface area (Å²) in [6.45, 7) is 0. The molecule has 1 aromatic heterocycles. The van der Waals surface area contributed by atoms with Crippen LogP contribution in [0, 0.1) is 5.92 Å². The fourth-order valence-corrected chi connectivity index (χ4v) is 3.99. The molecule has 2 heterocycles. The molecule has 3 atom stereocenters. The van der Waals surface area contributed by atoms with Crippen molar-refractivity contribution in [2.45, 2.75) is 18.4 Å². The third-order valence-electron chi connectivity index (χ3n) is 4.71. The molecule has 2 aliphatic rings. The summed E-state index contributed by atoms with van der Waals surface area (Å²) in [5.41, 5.74) is 3.43. The molecule has 0 bridgehead atoms. The van der Waals surface area contributed by atoms with Crippen LogP contribution in [0.15, 0.2) is 48.8 Å². The Morgan fingerprint density at radius 2 is 2.05 bits per heavy atom. The molecule has 1 aromatic carbocycles. The van der Waals surface area contributed by atoms with Gasteiger partial charge >= 0.3 is 0 Å². The van der Waals surface area contributed by atoms with Gasteiger partial charge in [0.1, 0.15) is 5.75 Å². The number of halogens is 1. The van der Waals surface area contributed by atoms with Crippen LogP contribution in [-0.2, 0) is 0 Å². The Hall–Kier alpha value is -2.00. The van der Waals surface area contributed by atoms with Crippen LogP contribution < -0.4 is 10.1 Å². The van der Waals surface area contributed by atoms with E-state index in [2.05, 4.69) is 34.6 Å². The Morgan fingerprint density at radius 1 is 1.23 bits per heavy atom. The highest BCUT2D eigenvalue weighted by Crippen LogP contribution is 2.54. The van der Waals surface area contributed by atoms with E-state index in [4.69, 9.17) is 16.3 Å². The lowest BCUT2D eigenvalue weighted by atomic mass is 9.77. The first-order valence-electron chi connectivity index (χ1n) is 7.49. The maximum Gasteiger partial charge on any atom is 0.142 e. The molecule has 0 unspecified atom stereocenters. The van der Waals surface area contributed by atoms with Crippen molar-refractivity contribution in [3.05, 3.63) is 65.0 Å². The van der Waals surface area contributed by atoms with Crippen LogP contribution in [0.5, 0.6) is 5.75 Å². The number of ether oxygens (including phenoxy) is 1. The standard InChI is InChI=1S/C18H17ClN2O/c1-22-15-6-5-14(19)16-12-3-2-4-13(12)17(21-18(15)16)11-7-9-20-10-8-11/h2-3,5-10,12-13,17,21H,4H2,1H3/t12-,13-,17-/m0/s1. The quantitative estimate of drug-likeness (QED) is 0.825. The summed E-state index contributed by atoms with van der Waals surface area (Å²) in [4.78, 5) is 4.13. The number of aromatic nitrogens is 1. The molecular weight excluding hydrogens is 296 g/mol. The molecule has 0 spiro atoms. The minimum Gasteiger partial charge on any atom is -0.495 e. The van der Waals surface area contributed by atoms with E-state index in [0.29, 0.717) is 11.8 Å². The zero-order valence-corrected chi connectivity index (χ0v) is 13.0. The van der Waals surface area contributed by atoms with Gasteiger partial charge in [-0.15, -0.1) is 0 Å². The fraction of sp³-hybridized carbons (Fsp3) is 0.278. The Bertz CT molecular complexity index is 729. The second-order valence-corrected chi connectivity index (χ2v) is 6.20. The van der Waals surface area contributed by atoms with Crippen molar-refractivity contribution in [2.75, 3.05) is 12.4 Å². The molecular formula is C18H17ClN2O. The lowest BCUT2D eigenvalue weighted by Crippen LogP contribution is -2.29. The van der Waals surface area contributed by atoms with Crippen molar-refractivity contribution in [1.82, 2.24) is 4.98 Å². The Balaban J connectivity index is 1.87. The van der Waals surface area contributed by atoms with Gasteiger partial charge in [-0.2, -0.15) is 0 Å². The fourth-order valence-electron chi connectivity index (χ4n) is 3.71. The first kappa shape index (κ1) is 13.6. The van der Waals surface area contributed by atoms with Crippen molar-refractivity contribution < 1.29 is 4.74 Å². The summed E-state index contributed by atoms with van der Waals surface area (Å²) < 4.78 is 5.54. The van der Waals surface area contributed by atoms with Crippen LogP contribution in [0.1, 0.15) is 29.5 Å². The zero-order valence-electron chi connectivity index (χ0n) is 12.3. The highest BCUT2D eigenvalue weighted by atomic mass is 35.5. The Kier molecular flexibility index (Phi) is 3.30. The summed E-state index contributed by atoms with van der Waals surface area (Å²) >= 11 is 6.49. The molecule has 0 saturated carbocycles. The van der Waals surface area contributed by atoms with E-state index >= 15 is 0 Å². The molecule has 22 heavy (non-hydrogen) atoms. The van der Waals surface area contributed by atoms with Crippen molar-refractivity contribution in [3.63, 3.8) is 0 Å². The molecule has 4 heteroatoms. The van der Waals surface area contributed by atoms with Crippen LogP contribution in [-0.4, -0.2) is 12.1 Å². The van der Waals surface area contributed by atoms with Gasteiger partial charge in [0.2, 0.25) is 0 Å². The van der Waals surface area contributed by atoms with E-state index in [0.717, 1.165) is 28.4 Å². The summed E-state index contributed by atoms with van der Waals surface area (Å²) in [6, 6.07) is 8.25. The summed E-state index contributed by atoms with van der Waals surface area (Å²) in [7, 11) is 1.70. The van der Waals surface area contributed by atoms with E-state index in [1.807, 2.05) is 24.5 Å². The average Bonchev–Trinajstić information content (AvgIpc) is 3.04. The van der Waals surface area contributed by atoms with Gasteiger partial charge < -0.3 is 10.1 Å². The minimum absolute atomic E-state index is 0.239. The average molecular weight is 313 g/mol. The van der Waals surface area contributed by atoms with E-state index in [1.54, 1.807) is 7.11 Å². The first-order chi connectivity index (χ1) is 10.8. The second-order valence-electron chi connectivity index (χ2n) is 5.79. The third-order valence-corrected chi connectivity index (χ3v) is 5.04. The maximum atomic E-state index is 6.49. The summed E-state index contributed by atoms with van der Waals surface area (Å²) in [6.07, 6.45) is 9.29. The third kappa shape index (κ3) is 2.00. The molecule has 3 nitrogen and oxygen atoms in total. The number of benzene rings is 1. The summed E-state index contributed by atoms with van der Waals surface area (Å²) in [5, 5.41) is 4.47. The van der Waals surface area contributed by atoms with Crippen molar-refractivity contribution >= 4 is 17.3 Å². The monoisotopic (exact) mass is 312 g/mol. The molecule has 0 saturated heterocycles. The molecule has 112 valence electrons. The molecule has 0 radical (unpaired) electrons. The normalized spacial score (nSPS) is 25.3. The highest BCUT2D eigenvalue weighted by Gasteiger charge is 2.40. The number of anilines is 1. The molecule has 2 aromatic rings. The largest absolute Gasteiger partial charge is 0.495 e. The van der Waals surface area contributed by atoms with Gasteiger partial charge in [0.15, 0.2) is 0 Å². The number of fused-ring (bicyclic) bond motifs is 3. The number of rotatable bonds is 2. The van der Waals surface area contributed by atoms with E-state index in [1.165, 1.54) is 5.56 Å². The topological polar surface area (TPSA) is 34.1 Å². The van der Waals surface area contributed by atoms with Crippen LogP contribution in [0.25, 0.3) is 0 Å². The predicted molar refractivity (Wildman–Crippen MR) is 88.6 cm³/mol. The van der Waals surface area contributed by atoms with Crippen molar-refractivity contribution in [2.24, 2.45) is 5.92 Å². The number of nitrogens with one attached hydrogen (secondary N) is 1. The molecule has 1 aliphatic carbocycles. The molecule has 1 N–H and O–H groups in total. The van der Waals surface area contributed by atoms with Gasteiger partial charge in [0.25, 0.3) is 0 Å². The molecule has 1 aliphatic heterocycles. The van der Waals surface area contributed by atoms with Gasteiger partial charge in [-0.3, -0.25) is 4.98 Å². The van der Waals surface area contributed by atoms with Crippen molar-refractivity contribution in [3.8, 4) is 5.75 Å². The predicted octanol–water partition coefficient (Wildman–Crippen LogP) is 4.57. The number of hydrogen-bond acceptors (Lipinski definition) is 3. The van der Waals surface area contributed by atoms with Gasteiger partial charge in [-0.25, -0.2) is 0 Å². The molecule has 0 amide bonds. The zero-order chi connectivity index (χ0) is 15.1. The van der Waals surface area contributed by atoms with E-state index in [9.17, 15) is 0 Å². The van der Waals surface area contributed by atoms with Gasteiger partial charge in [0, 0.05) is 28.9 Å². The summed E-state index contributed by atoms with van der Waals surface area (Å²) in [5.74, 6) is 1.65. The highest BCUT2D eigenvalue weighted by molar-refractivity contribution is 6.32. The Labute approximate surface area is 135 Å². The lowest BCUT2D eigenvalue weighted by molar-refractivity contribution is 0.397.